The molecule has 0 aliphatic carbocycles. The molecule has 28 heavy (non-hydrogen) atoms. The van der Waals surface area contributed by atoms with E-state index in [1.54, 1.807) is 19.1 Å². The molecule has 0 atom stereocenters. The van der Waals surface area contributed by atoms with Crippen molar-refractivity contribution in [3.05, 3.63) is 35.0 Å². The zero-order chi connectivity index (χ0) is 20.4. The molecule has 1 aliphatic heterocycles. The fourth-order valence-corrected chi connectivity index (χ4v) is 2.95. The average molecular weight is 388 g/mol. The van der Waals surface area contributed by atoms with Crippen LogP contribution in [-0.2, 0) is 15.9 Å². The normalized spacial score (nSPS) is 14.4. The Morgan fingerprint density at radius 1 is 1.14 bits per heavy atom. The molecule has 2 rings (SSSR count). The maximum Gasteiger partial charge on any atom is 0.345 e. The zero-order valence-electron chi connectivity index (χ0n) is 16.8. The van der Waals surface area contributed by atoms with E-state index in [1.165, 1.54) is 0 Å². The highest BCUT2D eigenvalue weighted by Crippen LogP contribution is 2.33. The van der Waals surface area contributed by atoms with Gasteiger partial charge in [-0.3, -0.25) is 0 Å². The first-order valence-electron chi connectivity index (χ1n) is 9.65. The molecule has 0 saturated carbocycles. The van der Waals surface area contributed by atoms with E-state index in [1.807, 2.05) is 20.0 Å². The molecule has 1 heterocycles. The van der Waals surface area contributed by atoms with E-state index in [-0.39, 0.29) is 12.2 Å². The van der Waals surface area contributed by atoms with Gasteiger partial charge in [0.05, 0.1) is 39.1 Å². The van der Waals surface area contributed by atoms with Crippen LogP contribution < -0.4 is 9.47 Å². The third kappa shape index (κ3) is 5.89. The van der Waals surface area contributed by atoms with Gasteiger partial charge in [-0.1, -0.05) is 0 Å². The summed E-state index contributed by atoms with van der Waals surface area (Å²) in [5, 5.41) is 9.56. The van der Waals surface area contributed by atoms with Gasteiger partial charge in [0.2, 0.25) is 0 Å². The predicted molar refractivity (Wildman–Crippen MR) is 105 cm³/mol. The Morgan fingerprint density at radius 3 is 2.25 bits per heavy atom. The topological polar surface area (TPSA) is 81.0 Å². The SMILES string of the molecule is CCOC(=O)c1c(OCC)cc(CC(C#N)=CN2CCOCC2)cc1OCC. The molecule has 0 bridgehead atoms. The number of hydrogen-bond donors (Lipinski definition) is 0. The minimum absolute atomic E-state index is 0.262. The summed E-state index contributed by atoms with van der Waals surface area (Å²) in [6, 6.07) is 5.82. The lowest BCUT2D eigenvalue weighted by Crippen LogP contribution is -2.32. The molecular weight excluding hydrogens is 360 g/mol. The quantitative estimate of drug-likeness (QED) is 0.475. The summed E-state index contributed by atoms with van der Waals surface area (Å²) < 4.78 is 21.9. The lowest BCUT2D eigenvalue weighted by molar-refractivity contribution is 0.0517. The van der Waals surface area contributed by atoms with Crippen LogP contribution in [0.15, 0.2) is 23.9 Å². The number of ether oxygens (including phenoxy) is 4. The van der Waals surface area contributed by atoms with Gasteiger partial charge in [0.1, 0.15) is 17.1 Å². The number of morpholine rings is 1. The van der Waals surface area contributed by atoms with E-state index >= 15 is 0 Å². The first-order valence-corrected chi connectivity index (χ1v) is 9.65. The maximum absolute atomic E-state index is 12.4. The van der Waals surface area contributed by atoms with Crippen molar-refractivity contribution in [2.75, 3.05) is 46.1 Å². The number of esters is 1. The van der Waals surface area contributed by atoms with Crippen LogP contribution in [0, 0.1) is 11.3 Å². The second-order valence-corrected chi connectivity index (χ2v) is 6.14. The summed E-state index contributed by atoms with van der Waals surface area (Å²) in [6.45, 7) is 9.36. The van der Waals surface area contributed by atoms with E-state index in [2.05, 4.69) is 11.0 Å². The predicted octanol–water partition coefficient (Wildman–Crippen LogP) is 2.94. The Morgan fingerprint density at radius 2 is 1.75 bits per heavy atom. The second-order valence-electron chi connectivity index (χ2n) is 6.14. The Balaban J connectivity index is 2.36. The van der Waals surface area contributed by atoms with Crippen LogP contribution >= 0.6 is 0 Å². The van der Waals surface area contributed by atoms with Crippen LogP contribution in [0.3, 0.4) is 0 Å². The van der Waals surface area contributed by atoms with Crippen molar-refractivity contribution in [1.29, 1.82) is 5.26 Å². The standard InChI is InChI=1S/C21H28N2O5/c1-4-26-18-12-16(11-17(14-22)15-23-7-9-25-10-8-23)13-19(27-5-2)20(18)21(24)28-6-3/h12-13,15H,4-11H2,1-3H3. The number of hydrogen-bond acceptors (Lipinski definition) is 7. The highest BCUT2D eigenvalue weighted by molar-refractivity contribution is 5.96. The van der Waals surface area contributed by atoms with E-state index in [9.17, 15) is 10.1 Å². The summed E-state index contributed by atoms with van der Waals surface area (Å²) in [7, 11) is 0. The summed E-state index contributed by atoms with van der Waals surface area (Å²) in [5.74, 6) is 0.335. The molecule has 1 aliphatic rings. The summed E-state index contributed by atoms with van der Waals surface area (Å²) in [5.41, 5.74) is 1.74. The van der Waals surface area contributed by atoms with Gasteiger partial charge in [-0.15, -0.1) is 0 Å². The number of nitriles is 1. The lowest BCUT2D eigenvalue weighted by Gasteiger charge is -2.25. The van der Waals surface area contributed by atoms with Crippen LogP contribution in [0.5, 0.6) is 11.5 Å². The smallest absolute Gasteiger partial charge is 0.345 e. The van der Waals surface area contributed by atoms with Gasteiger partial charge < -0.3 is 23.8 Å². The zero-order valence-corrected chi connectivity index (χ0v) is 16.8. The van der Waals surface area contributed by atoms with E-state index in [0.29, 0.717) is 49.9 Å². The largest absolute Gasteiger partial charge is 0.493 e. The molecular formula is C21H28N2O5. The monoisotopic (exact) mass is 388 g/mol. The van der Waals surface area contributed by atoms with Crippen LogP contribution in [0.4, 0.5) is 0 Å². The van der Waals surface area contributed by atoms with Crippen molar-refractivity contribution in [2.24, 2.45) is 0 Å². The molecule has 1 fully saturated rings. The van der Waals surface area contributed by atoms with Crippen molar-refractivity contribution < 1.29 is 23.7 Å². The Kier molecular flexibility index (Phi) is 8.63. The van der Waals surface area contributed by atoms with Gasteiger partial charge in [0.15, 0.2) is 0 Å². The molecule has 7 nitrogen and oxygen atoms in total. The third-order valence-corrected chi connectivity index (χ3v) is 4.13. The van der Waals surface area contributed by atoms with Gasteiger partial charge in [0.25, 0.3) is 0 Å². The molecule has 1 aromatic rings. The lowest BCUT2D eigenvalue weighted by atomic mass is 10.0. The van der Waals surface area contributed by atoms with Crippen molar-refractivity contribution >= 4 is 5.97 Å². The van der Waals surface area contributed by atoms with Crippen LogP contribution in [0.2, 0.25) is 0 Å². The van der Waals surface area contributed by atoms with Gasteiger partial charge in [-0.2, -0.15) is 5.26 Å². The van der Waals surface area contributed by atoms with Gasteiger partial charge >= 0.3 is 5.97 Å². The minimum Gasteiger partial charge on any atom is -0.493 e. The molecule has 0 unspecified atom stereocenters. The van der Waals surface area contributed by atoms with Crippen LogP contribution in [0.1, 0.15) is 36.7 Å². The fourth-order valence-electron chi connectivity index (χ4n) is 2.95. The molecule has 1 aromatic carbocycles. The van der Waals surface area contributed by atoms with Crippen LogP contribution in [0.25, 0.3) is 0 Å². The van der Waals surface area contributed by atoms with Gasteiger partial charge in [-0.25, -0.2) is 4.79 Å². The molecule has 1 saturated heterocycles. The minimum atomic E-state index is -0.481. The Hall–Kier alpha value is -2.72. The van der Waals surface area contributed by atoms with Crippen molar-refractivity contribution in [1.82, 2.24) is 4.90 Å². The highest BCUT2D eigenvalue weighted by atomic mass is 16.5. The first kappa shape index (κ1) is 21.6. The maximum atomic E-state index is 12.4. The average Bonchev–Trinajstić information content (AvgIpc) is 2.69. The van der Waals surface area contributed by atoms with Crippen molar-refractivity contribution in [3.8, 4) is 17.6 Å². The summed E-state index contributed by atoms with van der Waals surface area (Å²) in [4.78, 5) is 14.5. The van der Waals surface area contributed by atoms with E-state index in [0.717, 1.165) is 18.7 Å². The van der Waals surface area contributed by atoms with E-state index in [4.69, 9.17) is 18.9 Å². The van der Waals surface area contributed by atoms with Crippen LogP contribution in [-0.4, -0.2) is 57.0 Å². The molecule has 152 valence electrons. The molecule has 0 aromatic heterocycles. The Bertz CT molecular complexity index is 706. The third-order valence-electron chi connectivity index (χ3n) is 4.13. The number of carbonyl (C=O) groups is 1. The number of carbonyl (C=O) groups excluding carboxylic acids is 1. The number of benzene rings is 1. The van der Waals surface area contributed by atoms with Crippen molar-refractivity contribution in [3.63, 3.8) is 0 Å². The molecule has 0 N–H and O–H groups in total. The first-order chi connectivity index (χ1) is 13.6. The Labute approximate surface area is 166 Å². The molecule has 7 heteroatoms. The fraction of sp³-hybridized carbons (Fsp3) is 0.524. The van der Waals surface area contributed by atoms with Gasteiger partial charge in [0, 0.05) is 31.3 Å². The highest BCUT2D eigenvalue weighted by Gasteiger charge is 2.22. The summed E-state index contributed by atoms with van der Waals surface area (Å²) >= 11 is 0. The van der Waals surface area contributed by atoms with Crippen molar-refractivity contribution in [2.45, 2.75) is 27.2 Å². The number of allylic oxidation sites excluding steroid dienone is 1. The molecule has 0 spiro atoms. The second kappa shape index (κ2) is 11.2. The van der Waals surface area contributed by atoms with E-state index < -0.39 is 5.97 Å². The van der Waals surface area contributed by atoms with Gasteiger partial charge in [-0.05, 0) is 38.5 Å². The molecule has 0 radical (unpaired) electrons. The number of rotatable bonds is 9. The molecule has 0 amide bonds. The number of nitrogens with zero attached hydrogens (tertiary/aromatic N) is 2. The summed E-state index contributed by atoms with van der Waals surface area (Å²) in [6.07, 6.45) is 2.29.